The molecular formula is C22H31N3O3. The van der Waals surface area contributed by atoms with E-state index in [2.05, 4.69) is 15.6 Å². The minimum atomic E-state index is -1.02. The fraction of sp³-hybridized carbons (Fsp3) is 0.409. The van der Waals surface area contributed by atoms with Crippen LogP contribution in [-0.4, -0.2) is 44.4 Å². The minimum Gasteiger partial charge on any atom is -0.497 e. The number of aliphatic imine (C=N–C) groups is 1. The Balaban J connectivity index is 1.79. The average Bonchev–Trinajstić information content (AvgIpc) is 2.72. The van der Waals surface area contributed by atoms with E-state index in [0.29, 0.717) is 25.7 Å². The molecule has 0 radical (unpaired) electrons. The van der Waals surface area contributed by atoms with E-state index in [9.17, 15) is 5.11 Å². The number of hydrogen-bond acceptors (Lipinski definition) is 4. The maximum atomic E-state index is 10.7. The molecule has 0 spiro atoms. The molecule has 0 bridgehead atoms. The summed E-state index contributed by atoms with van der Waals surface area (Å²) in [5.74, 6) is 1.48. The lowest BCUT2D eigenvalue weighted by Crippen LogP contribution is -2.40. The maximum Gasteiger partial charge on any atom is 0.191 e. The van der Waals surface area contributed by atoms with Gasteiger partial charge < -0.3 is 25.2 Å². The van der Waals surface area contributed by atoms with Crippen LogP contribution in [0.15, 0.2) is 59.6 Å². The van der Waals surface area contributed by atoms with Crippen LogP contribution in [0.25, 0.3) is 0 Å². The molecule has 0 saturated heterocycles. The Morgan fingerprint density at radius 2 is 1.89 bits per heavy atom. The predicted molar refractivity (Wildman–Crippen MR) is 113 cm³/mol. The summed E-state index contributed by atoms with van der Waals surface area (Å²) in [5, 5.41) is 17.1. The van der Waals surface area contributed by atoms with Crippen LogP contribution in [0.2, 0.25) is 0 Å². The van der Waals surface area contributed by atoms with Gasteiger partial charge in [-0.25, -0.2) is 4.99 Å². The molecule has 0 aromatic heterocycles. The SMILES string of the molecule is CCNC(=NCC(C)(O)c1ccccc1)NCCOCc1cccc(OC)c1. The number of aliphatic hydroxyl groups is 1. The largest absolute Gasteiger partial charge is 0.497 e. The summed E-state index contributed by atoms with van der Waals surface area (Å²) in [6.07, 6.45) is 0. The molecule has 1 atom stereocenters. The first kappa shape index (κ1) is 21.7. The number of nitrogens with zero attached hydrogens (tertiary/aromatic N) is 1. The van der Waals surface area contributed by atoms with Crippen molar-refractivity contribution in [2.24, 2.45) is 4.99 Å². The molecule has 0 amide bonds. The van der Waals surface area contributed by atoms with E-state index in [0.717, 1.165) is 23.4 Å². The molecule has 0 aliphatic heterocycles. The zero-order valence-corrected chi connectivity index (χ0v) is 16.9. The Morgan fingerprint density at radius 1 is 1.11 bits per heavy atom. The van der Waals surface area contributed by atoms with Crippen molar-refractivity contribution in [2.45, 2.75) is 26.1 Å². The van der Waals surface area contributed by atoms with E-state index in [-0.39, 0.29) is 6.54 Å². The normalized spacial score (nSPS) is 13.6. The second-order valence-corrected chi connectivity index (χ2v) is 6.67. The maximum absolute atomic E-state index is 10.7. The topological polar surface area (TPSA) is 75.1 Å². The Kier molecular flexibility index (Phi) is 8.78. The highest BCUT2D eigenvalue weighted by Crippen LogP contribution is 2.20. The van der Waals surface area contributed by atoms with Gasteiger partial charge in [0.1, 0.15) is 11.4 Å². The molecule has 6 heteroatoms. The van der Waals surface area contributed by atoms with Gasteiger partial charge in [-0.1, -0.05) is 42.5 Å². The summed E-state index contributed by atoms with van der Waals surface area (Å²) in [4.78, 5) is 4.51. The fourth-order valence-electron chi connectivity index (χ4n) is 2.66. The zero-order valence-electron chi connectivity index (χ0n) is 16.9. The third-order valence-electron chi connectivity index (χ3n) is 4.23. The second-order valence-electron chi connectivity index (χ2n) is 6.67. The summed E-state index contributed by atoms with van der Waals surface area (Å²) in [6.45, 7) is 6.45. The second kappa shape index (κ2) is 11.3. The van der Waals surface area contributed by atoms with Crippen molar-refractivity contribution in [3.63, 3.8) is 0 Å². The predicted octanol–water partition coefficient (Wildman–Crippen LogP) is 2.67. The molecule has 0 heterocycles. The van der Waals surface area contributed by atoms with Crippen molar-refractivity contribution in [2.75, 3.05) is 33.4 Å². The highest BCUT2D eigenvalue weighted by molar-refractivity contribution is 5.79. The highest BCUT2D eigenvalue weighted by atomic mass is 16.5. The van der Waals surface area contributed by atoms with Gasteiger partial charge >= 0.3 is 0 Å². The van der Waals surface area contributed by atoms with Crippen molar-refractivity contribution in [3.05, 3.63) is 65.7 Å². The standard InChI is InChI=1S/C22H31N3O3/c1-4-23-21(25-17-22(2,26)19-10-6-5-7-11-19)24-13-14-28-16-18-9-8-12-20(15-18)27-3/h5-12,15,26H,4,13-14,16-17H2,1-3H3,(H2,23,24,25). The Morgan fingerprint density at radius 3 is 2.61 bits per heavy atom. The molecule has 6 nitrogen and oxygen atoms in total. The Hall–Kier alpha value is -2.57. The highest BCUT2D eigenvalue weighted by Gasteiger charge is 2.22. The smallest absolute Gasteiger partial charge is 0.191 e. The van der Waals surface area contributed by atoms with E-state index in [1.54, 1.807) is 14.0 Å². The minimum absolute atomic E-state index is 0.261. The molecule has 1 unspecified atom stereocenters. The molecule has 28 heavy (non-hydrogen) atoms. The first-order chi connectivity index (χ1) is 13.5. The van der Waals surface area contributed by atoms with Crippen molar-refractivity contribution < 1.29 is 14.6 Å². The first-order valence-electron chi connectivity index (χ1n) is 9.56. The fourth-order valence-corrected chi connectivity index (χ4v) is 2.66. The number of nitrogens with one attached hydrogen (secondary N) is 2. The monoisotopic (exact) mass is 385 g/mol. The third-order valence-corrected chi connectivity index (χ3v) is 4.23. The van der Waals surface area contributed by atoms with Crippen LogP contribution < -0.4 is 15.4 Å². The van der Waals surface area contributed by atoms with E-state index >= 15 is 0 Å². The van der Waals surface area contributed by atoms with Gasteiger partial charge in [0.15, 0.2) is 5.96 Å². The van der Waals surface area contributed by atoms with Gasteiger partial charge in [-0.3, -0.25) is 0 Å². The number of rotatable bonds is 10. The number of guanidine groups is 1. The Labute approximate surface area is 167 Å². The molecule has 0 aliphatic carbocycles. The molecule has 0 aliphatic rings. The van der Waals surface area contributed by atoms with Gasteiger partial charge in [-0.15, -0.1) is 0 Å². The number of ether oxygens (including phenoxy) is 2. The first-order valence-corrected chi connectivity index (χ1v) is 9.56. The van der Waals surface area contributed by atoms with Crippen LogP contribution in [-0.2, 0) is 16.9 Å². The Bertz CT molecular complexity index is 733. The summed E-state index contributed by atoms with van der Waals surface area (Å²) < 4.78 is 10.9. The van der Waals surface area contributed by atoms with Gasteiger partial charge in [-0.05, 0) is 37.1 Å². The van der Waals surface area contributed by atoms with Gasteiger partial charge in [0.05, 0.1) is 26.9 Å². The molecule has 2 rings (SSSR count). The van der Waals surface area contributed by atoms with Gasteiger partial charge in [0, 0.05) is 13.1 Å². The molecule has 0 saturated carbocycles. The van der Waals surface area contributed by atoms with Crippen LogP contribution in [0.5, 0.6) is 5.75 Å². The lowest BCUT2D eigenvalue weighted by molar-refractivity contribution is 0.0672. The third kappa shape index (κ3) is 7.21. The molecular weight excluding hydrogens is 354 g/mol. The van der Waals surface area contributed by atoms with Crippen LogP contribution in [0.1, 0.15) is 25.0 Å². The summed E-state index contributed by atoms with van der Waals surface area (Å²) >= 11 is 0. The summed E-state index contributed by atoms with van der Waals surface area (Å²) in [6, 6.07) is 17.4. The number of hydrogen-bond donors (Lipinski definition) is 3. The number of methoxy groups -OCH3 is 1. The molecule has 2 aromatic rings. The van der Waals surface area contributed by atoms with Gasteiger partial charge in [0.2, 0.25) is 0 Å². The van der Waals surface area contributed by atoms with Crippen molar-refractivity contribution in [1.29, 1.82) is 0 Å². The summed E-state index contributed by atoms with van der Waals surface area (Å²) in [7, 11) is 1.65. The van der Waals surface area contributed by atoms with Crippen molar-refractivity contribution in [1.82, 2.24) is 10.6 Å². The van der Waals surface area contributed by atoms with Crippen LogP contribution >= 0.6 is 0 Å². The zero-order chi connectivity index (χ0) is 20.2. The molecule has 152 valence electrons. The van der Waals surface area contributed by atoms with E-state index < -0.39 is 5.60 Å². The van der Waals surface area contributed by atoms with Gasteiger partial charge in [-0.2, -0.15) is 0 Å². The van der Waals surface area contributed by atoms with Gasteiger partial charge in [0.25, 0.3) is 0 Å². The lowest BCUT2D eigenvalue weighted by Gasteiger charge is -2.22. The molecule has 3 N–H and O–H groups in total. The lowest BCUT2D eigenvalue weighted by atomic mass is 9.96. The number of benzene rings is 2. The summed E-state index contributed by atoms with van der Waals surface area (Å²) in [5.41, 5.74) is 0.891. The van der Waals surface area contributed by atoms with Crippen LogP contribution in [0.4, 0.5) is 0 Å². The molecule has 0 fully saturated rings. The van der Waals surface area contributed by atoms with E-state index in [4.69, 9.17) is 9.47 Å². The quantitative estimate of drug-likeness (QED) is 0.333. The van der Waals surface area contributed by atoms with Crippen molar-refractivity contribution in [3.8, 4) is 5.75 Å². The van der Waals surface area contributed by atoms with E-state index in [1.807, 2.05) is 61.5 Å². The molecule has 2 aromatic carbocycles. The van der Waals surface area contributed by atoms with E-state index in [1.165, 1.54) is 0 Å². The van der Waals surface area contributed by atoms with Crippen LogP contribution in [0, 0.1) is 0 Å². The van der Waals surface area contributed by atoms with Crippen LogP contribution in [0.3, 0.4) is 0 Å². The average molecular weight is 386 g/mol. The van der Waals surface area contributed by atoms with Crippen molar-refractivity contribution >= 4 is 5.96 Å².